The summed E-state index contributed by atoms with van der Waals surface area (Å²) in [6, 6.07) is 9.89. The van der Waals surface area contributed by atoms with Crippen LogP contribution in [0.15, 0.2) is 47.5 Å². The van der Waals surface area contributed by atoms with E-state index in [1.54, 1.807) is 36.4 Å². The molecular formula is C15H17NO3S. The van der Waals surface area contributed by atoms with Crippen LogP contribution in [0.2, 0.25) is 0 Å². The summed E-state index contributed by atoms with van der Waals surface area (Å²) in [6.07, 6.45) is 4.54. The maximum Gasteiger partial charge on any atom is 0.267 e. The molecule has 0 atom stereocenters. The number of aldehydes is 1. The van der Waals surface area contributed by atoms with Crippen LogP contribution in [-0.2, 0) is 16.4 Å². The SMILES string of the molecule is CCCCc1cc(C=O)cn1S(=O)(=O)c1ccccc1. The minimum absolute atomic E-state index is 0.228. The van der Waals surface area contributed by atoms with Crippen LogP contribution < -0.4 is 0 Å². The third-order valence-corrected chi connectivity index (χ3v) is 4.83. The highest BCUT2D eigenvalue weighted by atomic mass is 32.2. The topological polar surface area (TPSA) is 56.1 Å². The monoisotopic (exact) mass is 291 g/mol. The normalized spacial score (nSPS) is 11.4. The smallest absolute Gasteiger partial charge is 0.267 e. The van der Waals surface area contributed by atoms with E-state index in [2.05, 4.69) is 0 Å². The number of rotatable bonds is 6. The molecule has 0 spiro atoms. The molecule has 1 aromatic carbocycles. The van der Waals surface area contributed by atoms with Gasteiger partial charge in [-0.3, -0.25) is 4.79 Å². The minimum atomic E-state index is -3.63. The second-order valence-corrected chi connectivity index (χ2v) is 6.42. The van der Waals surface area contributed by atoms with Crippen molar-refractivity contribution < 1.29 is 13.2 Å². The molecule has 0 fully saturated rings. The first-order chi connectivity index (χ1) is 9.59. The highest BCUT2D eigenvalue weighted by molar-refractivity contribution is 7.90. The van der Waals surface area contributed by atoms with E-state index >= 15 is 0 Å². The fourth-order valence-corrected chi connectivity index (χ4v) is 3.49. The van der Waals surface area contributed by atoms with Gasteiger partial charge in [0.1, 0.15) is 0 Å². The lowest BCUT2D eigenvalue weighted by Gasteiger charge is -2.10. The molecule has 1 heterocycles. The fraction of sp³-hybridized carbons (Fsp3) is 0.267. The predicted molar refractivity (Wildman–Crippen MR) is 77.5 cm³/mol. The second kappa shape index (κ2) is 6.05. The standard InChI is InChI=1S/C15H17NO3S/c1-2-3-7-14-10-13(12-17)11-16(14)20(18,19)15-8-5-4-6-9-15/h4-6,8-12H,2-3,7H2,1H3. The van der Waals surface area contributed by atoms with Gasteiger partial charge < -0.3 is 0 Å². The molecule has 0 unspecified atom stereocenters. The van der Waals surface area contributed by atoms with Crippen molar-refractivity contribution in [3.63, 3.8) is 0 Å². The van der Waals surface area contributed by atoms with E-state index in [0.717, 1.165) is 12.8 Å². The van der Waals surface area contributed by atoms with Crippen LogP contribution >= 0.6 is 0 Å². The second-order valence-electron chi connectivity index (χ2n) is 4.60. The van der Waals surface area contributed by atoms with Gasteiger partial charge in [-0.25, -0.2) is 12.4 Å². The van der Waals surface area contributed by atoms with Crippen LogP contribution in [0.5, 0.6) is 0 Å². The molecule has 20 heavy (non-hydrogen) atoms. The molecule has 4 nitrogen and oxygen atoms in total. The van der Waals surface area contributed by atoms with Crippen molar-refractivity contribution in [2.45, 2.75) is 31.1 Å². The number of hydrogen-bond donors (Lipinski definition) is 0. The Morgan fingerprint density at radius 2 is 1.90 bits per heavy atom. The molecule has 0 radical (unpaired) electrons. The van der Waals surface area contributed by atoms with Crippen LogP contribution in [-0.4, -0.2) is 18.7 Å². The highest BCUT2D eigenvalue weighted by Gasteiger charge is 2.20. The van der Waals surface area contributed by atoms with Gasteiger partial charge in [0.05, 0.1) is 4.90 Å². The first-order valence-electron chi connectivity index (χ1n) is 6.56. The molecule has 0 aliphatic rings. The number of unbranched alkanes of at least 4 members (excludes halogenated alkanes) is 1. The Morgan fingerprint density at radius 1 is 1.20 bits per heavy atom. The van der Waals surface area contributed by atoms with Gasteiger partial charge in [0.25, 0.3) is 10.0 Å². The van der Waals surface area contributed by atoms with Gasteiger partial charge in [-0.15, -0.1) is 0 Å². The molecule has 106 valence electrons. The fourth-order valence-electron chi connectivity index (χ4n) is 2.05. The van der Waals surface area contributed by atoms with Crippen molar-refractivity contribution in [1.29, 1.82) is 0 Å². The summed E-state index contributed by atoms with van der Waals surface area (Å²) in [7, 11) is -3.63. The van der Waals surface area contributed by atoms with Gasteiger partial charge in [-0.05, 0) is 31.0 Å². The molecule has 0 N–H and O–H groups in total. The maximum absolute atomic E-state index is 12.6. The third kappa shape index (κ3) is 2.82. The lowest BCUT2D eigenvalue weighted by molar-refractivity contribution is 0.112. The van der Waals surface area contributed by atoms with Crippen molar-refractivity contribution in [2.24, 2.45) is 0 Å². The van der Waals surface area contributed by atoms with E-state index in [4.69, 9.17) is 0 Å². The van der Waals surface area contributed by atoms with Crippen molar-refractivity contribution in [1.82, 2.24) is 3.97 Å². The van der Waals surface area contributed by atoms with E-state index in [0.29, 0.717) is 24.0 Å². The summed E-state index contributed by atoms with van der Waals surface area (Å²) in [6.45, 7) is 2.04. The average Bonchev–Trinajstić information content (AvgIpc) is 2.90. The minimum Gasteiger partial charge on any atom is -0.298 e. The van der Waals surface area contributed by atoms with Gasteiger partial charge in [-0.2, -0.15) is 0 Å². The Labute approximate surface area is 119 Å². The Morgan fingerprint density at radius 3 is 2.50 bits per heavy atom. The molecule has 0 aliphatic carbocycles. The van der Waals surface area contributed by atoms with Gasteiger partial charge in [0.15, 0.2) is 6.29 Å². The number of benzene rings is 1. The molecule has 2 rings (SSSR count). The Bertz CT molecular complexity index is 687. The first kappa shape index (κ1) is 14.5. The van der Waals surface area contributed by atoms with Crippen LogP contribution in [0.4, 0.5) is 0 Å². The Hall–Kier alpha value is -1.88. The third-order valence-electron chi connectivity index (χ3n) is 3.11. The van der Waals surface area contributed by atoms with Crippen molar-refractivity contribution in [3.05, 3.63) is 53.9 Å². The molecule has 2 aromatic rings. The van der Waals surface area contributed by atoms with E-state index in [-0.39, 0.29) is 4.90 Å². The van der Waals surface area contributed by atoms with Gasteiger partial charge in [-0.1, -0.05) is 31.5 Å². The van der Waals surface area contributed by atoms with E-state index in [1.807, 2.05) is 6.92 Å². The number of hydrogen-bond acceptors (Lipinski definition) is 3. The highest BCUT2D eigenvalue weighted by Crippen LogP contribution is 2.19. The zero-order valence-corrected chi connectivity index (χ0v) is 12.1. The van der Waals surface area contributed by atoms with E-state index < -0.39 is 10.0 Å². The zero-order valence-electron chi connectivity index (χ0n) is 11.3. The lowest BCUT2D eigenvalue weighted by Crippen LogP contribution is -2.14. The van der Waals surface area contributed by atoms with Crippen molar-refractivity contribution >= 4 is 16.3 Å². The number of nitrogens with zero attached hydrogens (tertiary/aromatic N) is 1. The Balaban J connectivity index is 2.50. The van der Waals surface area contributed by atoms with Crippen molar-refractivity contribution in [2.75, 3.05) is 0 Å². The quantitative estimate of drug-likeness (QED) is 0.769. The summed E-state index contributed by atoms with van der Waals surface area (Å²) >= 11 is 0. The van der Waals surface area contributed by atoms with Crippen LogP contribution in [0.25, 0.3) is 0 Å². The molecular weight excluding hydrogens is 274 g/mol. The van der Waals surface area contributed by atoms with Crippen LogP contribution in [0.1, 0.15) is 35.8 Å². The molecule has 0 saturated carbocycles. The number of carbonyl (C=O) groups excluding carboxylic acids is 1. The number of aryl methyl sites for hydroxylation is 1. The predicted octanol–water partition coefficient (Wildman–Crippen LogP) is 2.88. The lowest BCUT2D eigenvalue weighted by atomic mass is 10.2. The molecule has 5 heteroatoms. The largest absolute Gasteiger partial charge is 0.298 e. The van der Waals surface area contributed by atoms with Gasteiger partial charge in [0.2, 0.25) is 0 Å². The van der Waals surface area contributed by atoms with Crippen LogP contribution in [0.3, 0.4) is 0 Å². The molecule has 0 amide bonds. The summed E-state index contributed by atoms with van der Waals surface area (Å²) in [5, 5.41) is 0. The zero-order chi connectivity index (χ0) is 14.6. The molecule has 0 aliphatic heterocycles. The summed E-state index contributed by atoms with van der Waals surface area (Å²) < 4.78 is 26.4. The number of carbonyl (C=O) groups is 1. The average molecular weight is 291 g/mol. The number of aromatic nitrogens is 1. The maximum atomic E-state index is 12.6. The Kier molecular flexibility index (Phi) is 4.39. The molecule has 1 aromatic heterocycles. The first-order valence-corrected chi connectivity index (χ1v) is 8.00. The van der Waals surface area contributed by atoms with E-state index in [1.165, 1.54) is 10.2 Å². The van der Waals surface area contributed by atoms with Gasteiger partial charge >= 0.3 is 0 Å². The summed E-state index contributed by atoms with van der Waals surface area (Å²) in [5.74, 6) is 0. The summed E-state index contributed by atoms with van der Waals surface area (Å²) in [5.41, 5.74) is 1.04. The summed E-state index contributed by atoms with van der Waals surface area (Å²) in [4.78, 5) is 11.1. The molecule has 0 bridgehead atoms. The van der Waals surface area contributed by atoms with Crippen molar-refractivity contribution in [3.8, 4) is 0 Å². The molecule has 0 saturated heterocycles. The van der Waals surface area contributed by atoms with E-state index in [9.17, 15) is 13.2 Å². The van der Waals surface area contributed by atoms with Gasteiger partial charge in [0, 0.05) is 17.5 Å². The van der Waals surface area contributed by atoms with Crippen LogP contribution in [0, 0.1) is 0 Å².